The standard InChI is InChI=1S/C13H15N3O5/c1-13(20-6-7-21-13)8-12(17)15-14-9-10-2-4-11(5-3-10)16(18)19/h2-5,9H,6-8H2,1H3,(H,15,17)/b14-9-. The number of amides is 1. The summed E-state index contributed by atoms with van der Waals surface area (Å²) in [7, 11) is 0. The van der Waals surface area contributed by atoms with Gasteiger partial charge in [0.1, 0.15) is 0 Å². The molecule has 8 heteroatoms. The maximum Gasteiger partial charge on any atom is 0.269 e. The smallest absolute Gasteiger partial charge is 0.269 e. The number of rotatable bonds is 5. The Morgan fingerprint density at radius 2 is 2.05 bits per heavy atom. The minimum absolute atomic E-state index is 0.000332. The Morgan fingerprint density at radius 3 is 2.62 bits per heavy atom. The lowest BCUT2D eigenvalue weighted by Crippen LogP contribution is -2.33. The fourth-order valence-corrected chi connectivity index (χ4v) is 1.85. The van der Waals surface area contributed by atoms with Crippen molar-refractivity contribution >= 4 is 17.8 Å². The van der Waals surface area contributed by atoms with E-state index in [1.54, 1.807) is 6.92 Å². The number of nitrogens with one attached hydrogen (secondary N) is 1. The number of nitro groups is 1. The Bertz CT molecular complexity index is 549. The lowest BCUT2D eigenvalue weighted by molar-refractivity contribution is -0.384. The molecule has 0 aliphatic carbocycles. The van der Waals surface area contributed by atoms with Gasteiger partial charge in [0.25, 0.3) is 5.69 Å². The van der Waals surface area contributed by atoms with Crippen molar-refractivity contribution in [2.45, 2.75) is 19.1 Å². The van der Waals surface area contributed by atoms with Crippen LogP contribution in [0.1, 0.15) is 18.9 Å². The molecule has 1 saturated heterocycles. The van der Waals surface area contributed by atoms with Crippen molar-refractivity contribution in [2.75, 3.05) is 13.2 Å². The lowest BCUT2D eigenvalue weighted by atomic mass is 10.2. The Labute approximate surface area is 120 Å². The number of ether oxygens (including phenoxy) is 2. The molecule has 2 rings (SSSR count). The van der Waals surface area contributed by atoms with Crippen LogP contribution < -0.4 is 5.43 Å². The summed E-state index contributed by atoms with van der Waals surface area (Å²) in [5.41, 5.74) is 3.00. The van der Waals surface area contributed by atoms with Crippen LogP contribution in [0, 0.1) is 10.1 Å². The van der Waals surface area contributed by atoms with Crippen molar-refractivity contribution in [2.24, 2.45) is 5.10 Å². The third-order valence-electron chi connectivity index (χ3n) is 2.89. The molecule has 1 heterocycles. The van der Waals surface area contributed by atoms with Gasteiger partial charge in [0.05, 0.1) is 30.8 Å². The van der Waals surface area contributed by atoms with Gasteiger partial charge in [0.2, 0.25) is 5.91 Å². The Kier molecular flexibility index (Phi) is 4.61. The van der Waals surface area contributed by atoms with Gasteiger partial charge in [-0.3, -0.25) is 14.9 Å². The minimum atomic E-state index is -0.896. The van der Waals surface area contributed by atoms with Crippen molar-refractivity contribution in [1.82, 2.24) is 5.43 Å². The summed E-state index contributed by atoms with van der Waals surface area (Å²) in [6, 6.07) is 5.81. The predicted molar refractivity (Wildman–Crippen MR) is 73.8 cm³/mol. The van der Waals surface area contributed by atoms with E-state index in [1.807, 2.05) is 0 Å². The highest BCUT2D eigenvalue weighted by Crippen LogP contribution is 2.22. The molecule has 0 atom stereocenters. The van der Waals surface area contributed by atoms with E-state index < -0.39 is 10.7 Å². The molecule has 0 spiro atoms. The molecular formula is C13H15N3O5. The van der Waals surface area contributed by atoms with Crippen molar-refractivity contribution in [1.29, 1.82) is 0 Å². The van der Waals surface area contributed by atoms with Gasteiger partial charge in [-0.2, -0.15) is 5.10 Å². The second-order valence-corrected chi connectivity index (χ2v) is 4.65. The molecule has 1 aromatic carbocycles. The molecule has 21 heavy (non-hydrogen) atoms. The number of hydrazone groups is 1. The molecule has 1 aromatic rings. The van der Waals surface area contributed by atoms with Crippen LogP contribution in [0.4, 0.5) is 5.69 Å². The third kappa shape index (κ3) is 4.33. The third-order valence-corrected chi connectivity index (χ3v) is 2.89. The fraction of sp³-hybridized carbons (Fsp3) is 0.385. The van der Waals surface area contributed by atoms with E-state index in [0.717, 1.165) is 0 Å². The van der Waals surface area contributed by atoms with Crippen molar-refractivity contribution < 1.29 is 19.2 Å². The monoisotopic (exact) mass is 293 g/mol. The van der Waals surface area contributed by atoms with E-state index in [-0.39, 0.29) is 18.0 Å². The van der Waals surface area contributed by atoms with Gasteiger partial charge in [0.15, 0.2) is 5.79 Å². The first-order valence-corrected chi connectivity index (χ1v) is 6.33. The first kappa shape index (κ1) is 15.1. The van der Waals surface area contributed by atoms with Gasteiger partial charge < -0.3 is 9.47 Å². The molecule has 0 radical (unpaired) electrons. The van der Waals surface area contributed by atoms with Crippen LogP contribution in [0.2, 0.25) is 0 Å². The first-order valence-electron chi connectivity index (χ1n) is 6.33. The number of nitrogens with zero attached hydrogens (tertiary/aromatic N) is 2. The zero-order valence-electron chi connectivity index (χ0n) is 11.4. The van der Waals surface area contributed by atoms with Crippen LogP contribution in [0.15, 0.2) is 29.4 Å². The Balaban J connectivity index is 1.84. The van der Waals surface area contributed by atoms with E-state index in [4.69, 9.17) is 9.47 Å². The normalized spacial score (nSPS) is 17.0. The summed E-state index contributed by atoms with van der Waals surface area (Å²) in [6.07, 6.45) is 1.45. The molecule has 8 nitrogen and oxygen atoms in total. The van der Waals surface area contributed by atoms with Crippen LogP contribution in [0.5, 0.6) is 0 Å². The van der Waals surface area contributed by atoms with Crippen molar-refractivity contribution in [3.63, 3.8) is 0 Å². The number of nitro benzene ring substituents is 1. The number of benzene rings is 1. The highest BCUT2D eigenvalue weighted by Gasteiger charge is 2.33. The number of hydrogen-bond donors (Lipinski definition) is 1. The number of non-ortho nitro benzene ring substituents is 1. The highest BCUT2D eigenvalue weighted by molar-refractivity contribution is 5.82. The number of carbonyl (C=O) groups is 1. The summed E-state index contributed by atoms with van der Waals surface area (Å²) >= 11 is 0. The topological polar surface area (TPSA) is 103 Å². The summed E-state index contributed by atoms with van der Waals surface area (Å²) in [4.78, 5) is 21.7. The van der Waals surface area contributed by atoms with Gasteiger partial charge in [0, 0.05) is 12.1 Å². The zero-order chi connectivity index (χ0) is 15.3. The van der Waals surface area contributed by atoms with Gasteiger partial charge in [-0.25, -0.2) is 5.43 Å². The van der Waals surface area contributed by atoms with Gasteiger partial charge in [-0.15, -0.1) is 0 Å². The van der Waals surface area contributed by atoms with E-state index >= 15 is 0 Å². The highest BCUT2D eigenvalue weighted by atomic mass is 16.7. The van der Waals surface area contributed by atoms with Crippen LogP contribution in [-0.4, -0.2) is 36.0 Å². The second kappa shape index (κ2) is 6.42. The maximum absolute atomic E-state index is 11.7. The summed E-state index contributed by atoms with van der Waals surface area (Å²) in [6.45, 7) is 2.63. The van der Waals surface area contributed by atoms with Gasteiger partial charge in [-0.05, 0) is 24.6 Å². The SMILES string of the molecule is CC1(CC(=O)N/N=C\c2ccc([N+](=O)[O-])cc2)OCCO1. The second-order valence-electron chi connectivity index (χ2n) is 4.65. The minimum Gasteiger partial charge on any atom is -0.347 e. The molecule has 1 aliphatic heterocycles. The molecule has 1 N–H and O–H groups in total. The van der Waals surface area contributed by atoms with Gasteiger partial charge in [-0.1, -0.05) is 0 Å². The van der Waals surface area contributed by atoms with E-state index in [0.29, 0.717) is 18.8 Å². The molecule has 0 bridgehead atoms. The molecule has 0 unspecified atom stereocenters. The molecule has 1 aliphatic rings. The quantitative estimate of drug-likeness (QED) is 0.499. The number of carbonyl (C=O) groups excluding carboxylic acids is 1. The van der Waals surface area contributed by atoms with Crippen LogP contribution in [0.25, 0.3) is 0 Å². The average Bonchev–Trinajstić information content (AvgIpc) is 2.85. The van der Waals surface area contributed by atoms with Crippen LogP contribution >= 0.6 is 0 Å². The Hall–Kier alpha value is -2.32. The summed E-state index contributed by atoms with van der Waals surface area (Å²) in [5.74, 6) is -1.23. The van der Waals surface area contributed by atoms with Gasteiger partial charge >= 0.3 is 0 Å². The number of hydrogen-bond acceptors (Lipinski definition) is 6. The fourth-order valence-electron chi connectivity index (χ4n) is 1.85. The van der Waals surface area contributed by atoms with E-state index in [2.05, 4.69) is 10.5 Å². The van der Waals surface area contributed by atoms with Crippen LogP contribution in [-0.2, 0) is 14.3 Å². The maximum atomic E-state index is 11.7. The van der Waals surface area contributed by atoms with Crippen LogP contribution in [0.3, 0.4) is 0 Å². The average molecular weight is 293 g/mol. The van der Waals surface area contributed by atoms with E-state index in [9.17, 15) is 14.9 Å². The van der Waals surface area contributed by atoms with Crippen molar-refractivity contribution in [3.05, 3.63) is 39.9 Å². The zero-order valence-corrected chi connectivity index (χ0v) is 11.4. The molecule has 1 amide bonds. The molecule has 0 aromatic heterocycles. The lowest BCUT2D eigenvalue weighted by Gasteiger charge is -2.20. The molecule has 112 valence electrons. The molecule has 1 fully saturated rings. The summed E-state index contributed by atoms with van der Waals surface area (Å²) in [5, 5.41) is 14.3. The Morgan fingerprint density at radius 1 is 1.43 bits per heavy atom. The predicted octanol–water partition coefficient (Wildman–Crippen LogP) is 1.20. The largest absolute Gasteiger partial charge is 0.347 e. The summed E-state index contributed by atoms with van der Waals surface area (Å²) < 4.78 is 10.6. The molecule has 0 saturated carbocycles. The molecular weight excluding hydrogens is 278 g/mol. The first-order chi connectivity index (χ1) is 9.98. The van der Waals surface area contributed by atoms with E-state index in [1.165, 1.54) is 30.5 Å². The van der Waals surface area contributed by atoms with Crippen molar-refractivity contribution in [3.8, 4) is 0 Å².